The van der Waals surface area contributed by atoms with Crippen molar-refractivity contribution in [3.63, 3.8) is 0 Å². The summed E-state index contributed by atoms with van der Waals surface area (Å²) in [6.45, 7) is 1.85. The van der Waals surface area contributed by atoms with E-state index in [1.54, 1.807) is 13.3 Å². The molecule has 0 radical (unpaired) electrons. The molecule has 35 heavy (non-hydrogen) atoms. The van der Waals surface area contributed by atoms with Crippen LogP contribution in [0.5, 0.6) is 5.88 Å². The normalized spacial score (nSPS) is 20.4. The minimum Gasteiger partial charge on any atom is -0.480 e. The van der Waals surface area contributed by atoms with E-state index in [1.165, 1.54) is 0 Å². The molecule has 180 valence electrons. The highest BCUT2D eigenvalue weighted by atomic mass is 16.5. The smallest absolute Gasteiger partial charge is 0.228 e. The molecule has 2 aliphatic rings. The molecule has 0 unspecified atom stereocenters. The summed E-state index contributed by atoms with van der Waals surface area (Å²) in [7, 11) is 1.63. The first kappa shape index (κ1) is 21.8. The Balaban J connectivity index is 1.20. The van der Waals surface area contributed by atoms with Crippen molar-refractivity contribution in [3.8, 4) is 17.0 Å². The van der Waals surface area contributed by atoms with Gasteiger partial charge in [0.2, 0.25) is 17.7 Å². The molecule has 1 aromatic carbocycles. The highest BCUT2D eigenvalue weighted by Crippen LogP contribution is 2.36. The lowest BCUT2D eigenvalue weighted by Crippen LogP contribution is -2.37. The average Bonchev–Trinajstić information content (AvgIpc) is 3.59. The molecule has 4 heterocycles. The van der Waals surface area contributed by atoms with Gasteiger partial charge in [0.25, 0.3) is 0 Å². The number of anilines is 1. The van der Waals surface area contributed by atoms with Crippen LogP contribution in [0.15, 0.2) is 36.7 Å². The average molecular weight is 472 g/mol. The summed E-state index contributed by atoms with van der Waals surface area (Å²) in [6, 6.07) is 8.26. The van der Waals surface area contributed by atoms with Gasteiger partial charge < -0.3 is 19.9 Å². The number of carbonyl (C=O) groups is 1. The lowest BCUT2D eigenvalue weighted by molar-refractivity contribution is -0.135. The van der Waals surface area contributed by atoms with E-state index in [1.807, 2.05) is 29.3 Å². The number of methoxy groups -OCH3 is 1. The predicted octanol–water partition coefficient (Wildman–Crippen LogP) is 4.17. The van der Waals surface area contributed by atoms with Gasteiger partial charge in [0, 0.05) is 42.2 Å². The standard InChI is InChI=1S/C26H29N7O2/c1-35-24-22-20(17-6-9-21-18(14-17)10-11-28-32-21)15-27-23(22)30-26(31-24)29-19-7-4-16(5-8-19)25(34)33-12-2-3-13-33/h6,9-11,14-16,19H,2-5,7-8,12-13H2,1H3,(H2,27,29,30,31). The zero-order valence-corrected chi connectivity index (χ0v) is 19.8. The highest BCUT2D eigenvalue weighted by Gasteiger charge is 2.31. The third-order valence-electron chi connectivity index (χ3n) is 7.34. The lowest BCUT2D eigenvalue weighted by atomic mass is 9.85. The summed E-state index contributed by atoms with van der Waals surface area (Å²) in [5.74, 6) is 1.58. The zero-order valence-electron chi connectivity index (χ0n) is 19.8. The molecular formula is C26H29N7O2. The second kappa shape index (κ2) is 9.13. The van der Waals surface area contributed by atoms with E-state index in [0.717, 1.165) is 84.7 Å². The van der Waals surface area contributed by atoms with Crippen molar-refractivity contribution in [2.24, 2.45) is 5.92 Å². The minimum absolute atomic E-state index is 0.156. The second-order valence-corrected chi connectivity index (χ2v) is 9.51. The number of likely N-dealkylation sites (tertiary alicyclic amines) is 1. The number of hydrogen-bond acceptors (Lipinski definition) is 7. The number of aromatic nitrogens is 5. The number of amides is 1. The van der Waals surface area contributed by atoms with Crippen LogP contribution < -0.4 is 10.1 Å². The molecule has 4 aromatic rings. The molecule has 1 aliphatic heterocycles. The molecule has 9 heteroatoms. The molecule has 2 fully saturated rings. The Morgan fingerprint density at radius 2 is 1.94 bits per heavy atom. The van der Waals surface area contributed by atoms with Gasteiger partial charge in [0.15, 0.2) is 0 Å². The molecule has 1 saturated heterocycles. The fourth-order valence-corrected chi connectivity index (χ4v) is 5.46. The summed E-state index contributed by atoms with van der Waals surface area (Å²) >= 11 is 0. The Morgan fingerprint density at radius 3 is 2.74 bits per heavy atom. The van der Waals surface area contributed by atoms with Crippen LogP contribution in [0.25, 0.3) is 33.1 Å². The Hall–Kier alpha value is -3.75. The van der Waals surface area contributed by atoms with Gasteiger partial charge >= 0.3 is 0 Å². The van der Waals surface area contributed by atoms with Gasteiger partial charge in [-0.1, -0.05) is 6.07 Å². The Morgan fingerprint density at radius 1 is 1.11 bits per heavy atom. The van der Waals surface area contributed by atoms with Crippen molar-refractivity contribution in [2.75, 3.05) is 25.5 Å². The molecule has 0 bridgehead atoms. The number of nitrogens with zero attached hydrogens (tertiary/aromatic N) is 5. The Kier molecular flexibility index (Phi) is 5.67. The topological polar surface area (TPSA) is 109 Å². The van der Waals surface area contributed by atoms with Crippen LogP contribution in [0.4, 0.5) is 5.95 Å². The Labute approximate surface area is 203 Å². The molecule has 1 saturated carbocycles. The third kappa shape index (κ3) is 4.15. The third-order valence-corrected chi connectivity index (χ3v) is 7.34. The van der Waals surface area contributed by atoms with E-state index in [9.17, 15) is 4.79 Å². The van der Waals surface area contributed by atoms with E-state index in [-0.39, 0.29) is 12.0 Å². The van der Waals surface area contributed by atoms with Crippen LogP contribution in [-0.4, -0.2) is 62.2 Å². The van der Waals surface area contributed by atoms with Crippen molar-refractivity contribution < 1.29 is 9.53 Å². The number of rotatable bonds is 5. The number of fused-ring (bicyclic) bond motifs is 2. The van der Waals surface area contributed by atoms with Crippen LogP contribution in [0.1, 0.15) is 38.5 Å². The summed E-state index contributed by atoms with van der Waals surface area (Å²) in [5.41, 5.74) is 3.58. The number of nitrogens with one attached hydrogen (secondary N) is 2. The summed E-state index contributed by atoms with van der Waals surface area (Å²) < 4.78 is 5.69. The monoisotopic (exact) mass is 471 g/mol. The molecule has 1 amide bonds. The fourth-order valence-electron chi connectivity index (χ4n) is 5.46. The van der Waals surface area contributed by atoms with E-state index < -0.39 is 0 Å². The van der Waals surface area contributed by atoms with Gasteiger partial charge in [-0.05, 0) is 62.3 Å². The van der Waals surface area contributed by atoms with E-state index in [2.05, 4.69) is 31.5 Å². The molecule has 0 spiro atoms. The van der Waals surface area contributed by atoms with Crippen LogP contribution in [0, 0.1) is 5.92 Å². The second-order valence-electron chi connectivity index (χ2n) is 9.51. The first-order valence-corrected chi connectivity index (χ1v) is 12.4. The largest absolute Gasteiger partial charge is 0.480 e. The highest BCUT2D eigenvalue weighted by molar-refractivity contribution is 5.99. The van der Waals surface area contributed by atoms with Crippen LogP contribution >= 0.6 is 0 Å². The first-order chi connectivity index (χ1) is 17.2. The van der Waals surface area contributed by atoms with Crippen LogP contribution in [0.2, 0.25) is 0 Å². The number of benzene rings is 1. The van der Waals surface area contributed by atoms with Crippen molar-refractivity contribution in [1.29, 1.82) is 0 Å². The first-order valence-electron chi connectivity index (χ1n) is 12.4. The SMILES string of the molecule is COc1nc(NC2CCC(C(=O)N3CCCC3)CC2)nc2[nH]cc(-c3ccc4nnccc4c3)c12. The maximum atomic E-state index is 12.7. The number of ether oxygens (including phenoxy) is 1. The van der Waals surface area contributed by atoms with Gasteiger partial charge in [0.1, 0.15) is 5.65 Å². The fraction of sp³-hybridized carbons (Fsp3) is 0.423. The van der Waals surface area contributed by atoms with Crippen LogP contribution in [-0.2, 0) is 4.79 Å². The molecule has 9 nitrogen and oxygen atoms in total. The number of aromatic amines is 1. The number of H-pyrrole nitrogens is 1. The Bertz CT molecular complexity index is 1370. The van der Waals surface area contributed by atoms with Gasteiger partial charge in [0.05, 0.1) is 24.2 Å². The van der Waals surface area contributed by atoms with E-state index in [0.29, 0.717) is 17.7 Å². The zero-order chi connectivity index (χ0) is 23.8. The number of carbonyl (C=O) groups excluding carboxylic acids is 1. The van der Waals surface area contributed by atoms with Gasteiger partial charge in [-0.3, -0.25) is 4.79 Å². The summed E-state index contributed by atoms with van der Waals surface area (Å²) in [4.78, 5) is 27.5. The molecule has 2 N–H and O–H groups in total. The van der Waals surface area contributed by atoms with Crippen LogP contribution in [0.3, 0.4) is 0 Å². The van der Waals surface area contributed by atoms with Gasteiger partial charge in [-0.2, -0.15) is 20.2 Å². The summed E-state index contributed by atoms with van der Waals surface area (Å²) in [6.07, 6.45) is 9.60. The van der Waals surface area contributed by atoms with Gasteiger partial charge in [-0.15, -0.1) is 0 Å². The van der Waals surface area contributed by atoms with Crippen molar-refractivity contribution in [3.05, 3.63) is 36.7 Å². The maximum Gasteiger partial charge on any atom is 0.228 e. The quantitative estimate of drug-likeness (QED) is 0.450. The predicted molar refractivity (Wildman–Crippen MR) is 134 cm³/mol. The summed E-state index contributed by atoms with van der Waals surface area (Å²) in [5, 5.41) is 13.5. The maximum absolute atomic E-state index is 12.7. The number of hydrogen-bond donors (Lipinski definition) is 2. The molecular weight excluding hydrogens is 442 g/mol. The molecule has 3 aromatic heterocycles. The minimum atomic E-state index is 0.156. The van der Waals surface area contributed by atoms with E-state index >= 15 is 0 Å². The molecule has 1 aliphatic carbocycles. The lowest BCUT2D eigenvalue weighted by Gasteiger charge is -2.30. The van der Waals surface area contributed by atoms with Crippen molar-refractivity contribution in [1.82, 2.24) is 30.0 Å². The molecule has 0 atom stereocenters. The van der Waals surface area contributed by atoms with E-state index in [4.69, 9.17) is 9.72 Å². The molecule has 6 rings (SSSR count). The van der Waals surface area contributed by atoms with Crippen molar-refractivity contribution >= 4 is 33.8 Å². The van der Waals surface area contributed by atoms with Crippen molar-refractivity contribution in [2.45, 2.75) is 44.6 Å². The van der Waals surface area contributed by atoms with Gasteiger partial charge in [-0.25, -0.2) is 0 Å².